The number of likely N-dealkylation sites (tertiary alicyclic amines) is 1. The average Bonchev–Trinajstić information content (AvgIpc) is 3.30. The molecule has 0 saturated carbocycles. The van der Waals surface area contributed by atoms with Crippen molar-refractivity contribution < 1.29 is 9.53 Å². The summed E-state index contributed by atoms with van der Waals surface area (Å²) in [5.41, 5.74) is 0.584. The Morgan fingerprint density at radius 1 is 1.31 bits per heavy atom. The lowest BCUT2D eigenvalue weighted by Crippen LogP contribution is -2.47. The number of ether oxygens (including phenoxy) is 1. The highest BCUT2D eigenvalue weighted by Gasteiger charge is 2.37. The number of halogens is 1. The lowest BCUT2D eigenvalue weighted by Gasteiger charge is -2.33. The molecule has 0 radical (unpaired) electrons. The maximum atomic E-state index is 12.9. The molecule has 1 N–H and O–H groups in total. The molecule has 3 aliphatic rings. The molecular weight excluding hydrogens is 354 g/mol. The zero-order chi connectivity index (χ0) is 17.2. The van der Waals surface area contributed by atoms with Gasteiger partial charge >= 0.3 is 0 Å². The predicted octanol–water partition coefficient (Wildman–Crippen LogP) is 1.02. The number of amides is 1. The maximum absolute atomic E-state index is 12.9. The van der Waals surface area contributed by atoms with E-state index in [4.69, 9.17) is 4.74 Å². The number of hydrogen-bond donors (Lipinski definition) is 1. The molecule has 0 aromatic carbocycles. The van der Waals surface area contributed by atoms with E-state index in [1.807, 2.05) is 21.8 Å². The van der Waals surface area contributed by atoms with Gasteiger partial charge < -0.3 is 15.0 Å². The van der Waals surface area contributed by atoms with Crippen molar-refractivity contribution in [2.24, 2.45) is 5.92 Å². The van der Waals surface area contributed by atoms with E-state index in [1.54, 1.807) is 0 Å². The summed E-state index contributed by atoms with van der Waals surface area (Å²) in [6.07, 6.45) is 4.25. The number of carbonyl (C=O) groups excluding carboxylic acids is 1. The normalized spacial score (nSPS) is 30.2. The minimum absolute atomic E-state index is 0. The number of aromatic nitrogens is 2. The van der Waals surface area contributed by atoms with Crippen molar-refractivity contribution in [3.63, 3.8) is 0 Å². The second-order valence-electron chi connectivity index (χ2n) is 7.58. The molecule has 0 bridgehead atoms. The van der Waals surface area contributed by atoms with Gasteiger partial charge in [0, 0.05) is 45.0 Å². The molecule has 0 spiro atoms. The molecule has 0 aliphatic carbocycles. The van der Waals surface area contributed by atoms with Crippen LogP contribution in [0.4, 0.5) is 0 Å². The second kappa shape index (κ2) is 8.69. The van der Waals surface area contributed by atoms with Crippen LogP contribution >= 0.6 is 12.4 Å². The smallest absolute Gasteiger partial charge is 0.274 e. The fourth-order valence-electron chi connectivity index (χ4n) is 4.38. The third-order valence-corrected chi connectivity index (χ3v) is 5.85. The van der Waals surface area contributed by atoms with E-state index < -0.39 is 0 Å². The van der Waals surface area contributed by atoms with Gasteiger partial charge in [-0.2, -0.15) is 5.10 Å². The second-order valence-corrected chi connectivity index (χ2v) is 7.58. The summed E-state index contributed by atoms with van der Waals surface area (Å²) >= 11 is 0. The summed E-state index contributed by atoms with van der Waals surface area (Å²) in [7, 11) is 0. The van der Waals surface area contributed by atoms with Crippen molar-refractivity contribution in [1.82, 2.24) is 24.9 Å². The minimum Gasteiger partial charge on any atom is -0.379 e. The van der Waals surface area contributed by atoms with Crippen LogP contribution in [0.15, 0.2) is 12.3 Å². The lowest BCUT2D eigenvalue weighted by atomic mass is 10.0. The summed E-state index contributed by atoms with van der Waals surface area (Å²) in [5.74, 6) is 0.566. The third-order valence-electron chi connectivity index (χ3n) is 5.85. The molecule has 1 aromatic heterocycles. The first-order valence-corrected chi connectivity index (χ1v) is 9.59. The summed E-state index contributed by atoms with van der Waals surface area (Å²) in [6.45, 7) is 9.44. The van der Waals surface area contributed by atoms with Crippen LogP contribution in [0.3, 0.4) is 0 Å². The number of nitrogens with one attached hydrogen (secondary N) is 1. The van der Waals surface area contributed by atoms with Gasteiger partial charge in [0.2, 0.25) is 0 Å². The van der Waals surface area contributed by atoms with Crippen LogP contribution in [0.2, 0.25) is 0 Å². The summed E-state index contributed by atoms with van der Waals surface area (Å²) < 4.78 is 7.43. The van der Waals surface area contributed by atoms with Crippen molar-refractivity contribution in [2.45, 2.75) is 31.8 Å². The van der Waals surface area contributed by atoms with Crippen LogP contribution in [0, 0.1) is 5.92 Å². The topological polar surface area (TPSA) is 62.6 Å². The highest BCUT2D eigenvalue weighted by molar-refractivity contribution is 5.92. The molecule has 3 unspecified atom stereocenters. The molecule has 26 heavy (non-hydrogen) atoms. The van der Waals surface area contributed by atoms with Gasteiger partial charge in [-0.3, -0.25) is 14.4 Å². The Kier molecular flexibility index (Phi) is 6.55. The molecule has 1 amide bonds. The van der Waals surface area contributed by atoms with Gasteiger partial charge in [-0.15, -0.1) is 12.4 Å². The maximum Gasteiger partial charge on any atom is 0.274 e. The molecule has 146 valence electrons. The van der Waals surface area contributed by atoms with Crippen molar-refractivity contribution in [3.05, 3.63) is 18.0 Å². The molecule has 7 nitrogen and oxygen atoms in total. The number of carbonyl (C=O) groups is 1. The summed E-state index contributed by atoms with van der Waals surface area (Å²) in [4.78, 5) is 17.4. The van der Waals surface area contributed by atoms with E-state index in [1.165, 1.54) is 6.42 Å². The van der Waals surface area contributed by atoms with Gasteiger partial charge in [-0.1, -0.05) is 6.92 Å². The Morgan fingerprint density at radius 2 is 2.12 bits per heavy atom. The van der Waals surface area contributed by atoms with Crippen LogP contribution in [0.1, 0.15) is 36.3 Å². The monoisotopic (exact) mass is 383 g/mol. The Balaban J connectivity index is 0.00000196. The molecule has 3 fully saturated rings. The molecule has 4 rings (SSSR count). The van der Waals surface area contributed by atoms with Crippen LogP contribution in [0.5, 0.6) is 0 Å². The lowest BCUT2D eigenvalue weighted by molar-refractivity contribution is 0.0119. The SMILES string of the molecule is CC1CN(C(=O)c2ccn(C3CCCNC3)n2)CC1N1CCOCC1.Cl. The fourth-order valence-corrected chi connectivity index (χ4v) is 4.38. The van der Waals surface area contributed by atoms with Crippen LogP contribution in [0.25, 0.3) is 0 Å². The number of nitrogens with zero attached hydrogens (tertiary/aromatic N) is 4. The number of hydrogen-bond acceptors (Lipinski definition) is 5. The Labute approximate surface area is 161 Å². The Bertz CT molecular complexity index is 598. The highest BCUT2D eigenvalue weighted by atomic mass is 35.5. The van der Waals surface area contributed by atoms with Gasteiger partial charge in [0.15, 0.2) is 0 Å². The third kappa shape index (κ3) is 4.06. The van der Waals surface area contributed by atoms with Crippen LogP contribution < -0.4 is 5.32 Å². The molecule has 3 atom stereocenters. The molecular formula is C18H30ClN5O2. The summed E-state index contributed by atoms with van der Waals surface area (Å²) in [6, 6.07) is 2.69. The van der Waals surface area contributed by atoms with Crippen molar-refractivity contribution in [1.29, 1.82) is 0 Å². The zero-order valence-corrected chi connectivity index (χ0v) is 16.3. The van der Waals surface area contributed by atoms with Gasteiger partial charge in [0.1, 0.15) is 5.69 Å². The predicted molar refractivity (Wildman–Crippen MR) is 102 cm³/mol. The van der Waals surface area contributed by atoms with E-state index in [0.717, 1.165) is 58.9 Å². The molecule has 3 saturated heterocycles. The zero-order valence-electron chi connectivity index (χ0n) is 15.5. The van der Waals surface area contributed by atoms with Gasteiger partial charge in [0.05, 0.1) is 19.3 Å². The number of piperidine rings is 1. The van der Waals surface area contributed by atoms with E-state index in [2.05, 4.69) is 22.2 Å². The van der Waals surface area contributed by atoms with Crippen molar-refractivity contribution in [3.8, 4) is 0 Å². The Morgan fingerprint density at radius 3 is 2.85 bits per heavy atom. The molecule has 1 aromatic rings. The minimum atomic E-state index is 0. The van der Waals surface area contributed by atoms with Gasteiger partial charge in [-0.25, -0.2) is 0 Å². The molecule has 8 heteroatoms. The largest absolute Gasteiger partial charge is 0.379 e. The van der Waals surface area contributed by atoms with Gasteiger partial charge in [0.25, 0.3) is 5.91 Å². The van der Waals surface area contributed by atoms with Crippen LogP contribution in [-0.4, -0.2) is 84.0 Å². The average molecular weight is 384 g/mol. The first kappa shape index (κ1) is 19.6. The standard InChI is InChI=1S/C18H29N5O2.ClH/c1-14-12-22(13-17(14)21-7-9-25-10-8-21)18(24)16-4-6-23(20-16)15-3-2-5-19-11-15;/h4,6,14-15,17,19H,2-3,5,7-13H2,1H3;1H. The van der Waals surface area contributed by atoms with Crippen molar-refractivity contribution >= 4 is 18.3 Å². The van der Waals surface area contributed by atoms with Crippen LogP contribution in [-0.2, 0) is 4.74 Å². The quantitative estimate of drug-likeness (QED) is 0.844. The van der Waals surface area contributed by atoms with E-state index in [0.29, 0.717) is 23.7 Å². The molecule has 3 aliphatic heterocycles. The highest BCUT2D eigenvalue weighted by Crippen LogP contribution is 2.24. The van der Waals surface area contributed by atoms with Gasteiger partial charge in [-0.05, 0) is 31.4 Å². The van der Waals surface area contributed by atoms with Crippen molar-refractivity contribution in [2.75, 3.05) is 52.5 Å². The van der Waals surface area contributed by atoms with E-state index in [-0.39, 0.29) is 18.3 Å². The number of rotatable bonds is 3. The first-order valence-electron chi connectivity index (χ1n) is 9.59. The number of morpholine rings is 1. The fraction of sp³-hybridized carbons (Fsp3) is 0.778. The Hall–Kier alpha value is -1.15. The summed E-state index contributed by atoms with van der Waals surface area (Å²) in [5, 5.41) is 8.00. The van der Waals surface area contributed by atoms with E-state index >= 15 is 0 Å². The molecule has 4 heterocycles. The van der Waals surface area contributed by atoms with E-state index in [9.17, 15) is 4.79 Å². The first-order chi connectivity index (χ1) is 12.2.